The Morgan fingerprint density at radius 2 is 1.86 bits per heavy atom. The predicted octanol–water partition coefficient (Wildman–Crippen LogP) is 3.50. The van der Waals surface area contributed by atoms with E-state index in [1.54, 1.807) is 36.4 Å². The summed E-state index contributed by atoms with van der Waals surface area (Å²) in [6.45, 7) is 4.27. The van der Waals surface area contributed by atoms with Crippen molar-refractivity contribution in [3.05, 3.63) is 70.5 Å². The molecule has 3 N–H and O–H groups in total. The molecule has 1 saturated carbocycles. The van der Waals surface area contributed by atoms with E-state index in [2.05, 4.69) is 20.9 Å². The molecule has 1 aliphatic carbocycles. The highest BCUT2D eigenvalue weighted by Crippen LogP contribution is 2.48. The minimum absolute atomic E-state index is 0.0667. The molecule has 1 amide bonds. The number of carbonyl (C=O) groups excluding carboxylic acids is 1. The van der Waals surface area contributed by atoms with E-state index in [0.717, 1.165) is 24.9 Å². The standard InChI is InChI=1S/C22H26ClFN4O/c1-2-25-21(27-13-12-26-20(29)18-8-3-4-9-19(18)23)28-15-22(10-11-22)16-6-5-7-17(24)14-16/h3-9,14H,2,10-13,15H2,1H3,(H,26,29)(H2,25,27,28). The minimum atomic E-state index is -0.211. The fourth-order valence-corrected chi connectivity index (χ4v) is 3.40. The number of guanidine groups is 1. The number of halogens is 2. The van der Waals surface area contributed by atoms with Crippen LogP contribution in [0.15, 0.2) is 53.5 Å². The zero-order valence-electron chi connectivity index (χ0n) is 16.5. The summed E-state index contributed by atoms with van der Waals surface area (Å²) in [5.41, 5.74) is 1.40. The molecular weight excluding hydrogens is 391 g/mol. The van der Waals surface area contributed by atoms with Crippen molar-refractivity contribution < 1.29 is 9.18 Å². The number of nitrogens with one attached hydrogen (secondary N) is 3. The number of rotatable bonds is 8. The van der Waals surface area contributed by atoms with E-state index in [-0.39, 0.29) is 17.1 Å². The highest BCUT2D eigenvalue weighted by molar-refractivity contribution is 6.33. The summed E-state index contributed by atoms with van der Waals surface area (Å²) in [5.74, 6) is 0.265. The van der Waals surface area contributed by atoms with E-state index in [1.807, 2.05) is 13.0 Å². The van der Waals surface area contributed by atoms with E-state index < -0.39 is 0 Å². The summed E-state index contributed by atoms with van der Waals surface area (Å²) >= 11 is 6.04. The normalized spacial score (nSPS) is 14.9. The molecule has 0 saturated heterocycles. The van der Waals surface area contributed by atoms with Crippen LogP contribution in [0.2, 0.25) is 5.02 Å². The molecule has 5 nitrogen and oxygen atoms in total. The van der Waals surface area contributed by atoms with Crippen molar-refractivity contribution in [1.82, 2.24) is 16.0 Å². The SMILES string of the molecule is CCNC(=NCC1(c2cccc(F)c2)CC1)NCCNC(=O)c1ccccc1Cl. The Balaban J connectivity index is 1.51. The molecular formula is C22H26ClFN4O. The average molecular weight is 417 g/mol. The van der Waals surface area contributed by atoms with Crippen LogP contribution in [-0.4, -0.2) is 38.0 Å². The van der Waals surface area contributed by atoms with Crippen LogP contribution in [0.25, 0.3) is 0 Å². The van der Waals surface area contributed by atoms with E-state index in [1.165, 1.54) is 6.07 Å². The van der Waals surface area contributed by atoms with Gasteiger partial charge in [-0.2, -0.15) is 0 Å². The summed E-state index contributed by atoms with van der Waals surface area (Å²) in [7, 11) is 0. The number of nitrogens with zero attached hydrogens (tertiary/aromatic N) is 1. The van der Waals surface area contributed by atoms with Crippen LogP contribution in [0.4, 0.5) is 4.39 Å². The van der Waals surface area contributed by atoms with Gasteiger partial charge in [-0.15, -0.1) is 0 Å². The van der Waals surface area contributed by atoms with Crippen LogP contribution in [-0.2, 0) is 5.41 Å². The van der Waals surface area contributed by atoms with Crippen LogP contribution in [0, 0.1) is 5.82 Å². The summed E-state index contributed by atoms with van der Waals surface area (Å²) in [5, 5.41) is 9.70. The molecule has 154 valence electrons. The van der Waals surface area contributed by atoms with Gasteiger partial charge in [-0.25, -0.2) is 4.39 Å². The van der Waals surface area contributed by atoms with Crippen molar-refractivity contribution in [3.8, 4) is 0 Å². The van der Waals surface area contributed by atoms with E-state index in [0.29, 0.717) is 36.2 Å². The van der Waals surface area contributed by atoms with E-state index >= 15 is 0 Å². The third-order valence-electron chi connectivity index (χ3n) is 5.00. The third-order valence-corrected chi connectivity index (χ3v) is 5.33. The van der Waals surface area contributed by atoms with E-state index in [9.17, 15) is 9.18 Å². The van der Waals surface area contributed by atoms with Gasteiger partial charge in [-0.3, -0.25) is 9.79 Å². The Kier molecular flexibility index (Phi) is 7.09. The molecule has 7 heteroatoms. The third kappa shape index (κ3) is 5.70. The maximum atomic E-state index is 13.6. The van der Waals surface area contributed by atoms with Crippen LogP contribution >= 0.6 is 11.6 Å². The molecule has 0 aromatic heterocycles. The first-order valence-corrected chi connectivity index (χ1v) is 10.2. The molecule has 0 unspecified atom stereocenters. The highest BCUT2D eigenvalue weighted by atomic mass is 35.5. The fourth-order valence-electron chi connectivity index (χ4n) is 3.18. The van der Waals surface area contributed by atoms with Gasteiger partial charge >= 0.3 is 0 Å². The van der Waals surface area contributed by atoms with Gasteiger partial charge in [0.2, 0.25) is 0 Å². The monoisotopic (exact) mass is 416 g/mol. The maximum Gasteiger partial charge on any atom is 0.252 e. The molecule has 29 heavy (non-hydrogen) atoms. The Hall–Kier alpha value is -2.60. The lowest BCUT2D eigenvalue weighted by molar-refractivity contribution is 0.0954. The Morgan fingerprint density at radius 1 is 1.10 bits per heavy atom. The van der Waals surface area contributed by atoms with Gasteiger partial charge < -0.3 is 16.0 Å². The van der Waals surface area contributed by atoms with Gasteiger partial charge in [0.05, 0.1) is 17.1 Å². The molecule has 2 aromatic rings. The quantitative estimate of drug-likeness (QED) is 0.350. The summed E-state index contributed by atoms with van der Waals surface area (Å²) < 4.78 is 13.6. The first kappa shape index (κ1) is 21.1. The topological polar surface area (TPSA) is 65.5 Å². The Bertz CT molecular complexity index is 883. The summed E-state index contributed by atoms with van der Waals surface area (Å²) in [4.78, 5) is 16.9. The minimum Gasteiger partial charge on any atom is -0.357 e. The smallest absolute Gasteiger partial charge is 0.252 e. The first-order chi connectivity index (χ1) is 14.0. The second kappa shape index (κ2) is 9.74. The molecule has 3 rings (SSSR count). The van der Waals surface area contributed by atoms with Gasteiger partial charge in [0, 0.05) is 25.0 Å². The first-order valence-electron chi connectivity index (χ1n) is 9.85. The summed E-state index contributed by atoms with van der Waals surface area (Å²) in [6.07, 6.45) is 2.01. The lowest BCUT2D eigenvalue weighted by Gasteiger charge is -2.16. The second-order valence-corrected chi connectivity index (χ2v) is 7.56. The average Bonchev–Trinajstić information content (AvgIpc) is 3.51. The van der Waals surface area contributed by atoms with Gasteiger partial charge in [-0.05, 0) is 49.6 Å². The predicted molar refractivity (Wildman–Crippen MR) is 115 cm³/mol. The lowest BCUT2D eigenvalue weighted by Crippen LogP contribution is -2.42. The number of carbonyl (C=O) groups is 1. The Morgan fingerprint density at radius 3 is 2.55 bits per heavy atom. The number of hydrogen-bond acceptors (Lipinski definition) is 2. The van der Waals surface area contributed by atoms with Crippen LogP contribution in [0.1, 0.15) is 35.7 Å². The van der Waals surface area contributed by atoms with Crippen molar-refractivity contribution >= 4 is 23.5 Å². The Labute approximate surface area is 175 Å². The van der Waals surface area contributed by atoms with E-state index in [4.69, 9.17) is 11.6 Å². The molecule has 1 aliphatic rings. The molecule has 0 heterocycles. The van der Waals surface area contributed by atoms with Crippen molar-refractivity contribution in [2.45, 2.75) is 25.2 Å². The second-order valence-electron chi connectivity index (χ2n) is 7.15. The van der Waals surface area contributed by atoms with Crippen LogP contribution in [0.5, 0.6) is 0 Å². The van der Waals surface area contributed by atoms with Crippen LogP contribution in [0.3, 0.4) is 0 Å². The van der Waals surface area contributed by atoms with Gasteiger partial charge in [-0.1, -0.05) is 35.9 Å². The summed E-state index contributed by atoms with van der Waals surface area (Å²) in [6, 6.07) is 13.7. The molecule has 0 spiro atoms. The van der Waals surface area contributed by atoms with Gasteiger partial charge in [0.25, 0.3) is 5.91 Å². The van der Waals surface area contributed by atoms with Crippen molar-refractivity contribution in [2.24, 2.45) is 4.99 Å². The molecule has 0 radical (unpaired) electrons. The van der Waals surface area contributed by atoms with Gasteiger partial charge in [0.15, 0.2) is 5.96 Å². The van der Waals surface area contributed by atoms with Gasteiger partial charge in [0.1, 0.15) is 5.82 Å². The zero-order chi connectivity index (χ0) is 20.7. The molecule has 0 aliphatic heterocycles. The molecule has 0 bridgehead atoms. The fraction of sp³-hybridized carbons (Fsp3) is 0.364. The maximum absolute atomic E-state index is 13.6. The largest absolute Gasteiger partial charge is 0.357 e. The van der Waals surface area contributed by atoms with Crippen molar-refractivity contribution in [3.63, 3.8) is 0 Å². The number of aliphatic imine (C=N–C) groups is 1. The zero-order valence-corrected chi connectivity index (χ0v) is 17.2. The molecule has 0 atom stereocenters. The molecule has 2 aromatic carbocycles. The van der Waals surface area contributed by atoms with Crippen LogP contribution < -0.4 is 16.0 Å². The number of hydrogen-bond donors (Lipinski definition) is 3. The van der Waals surface area contributed by atoms with Crippen molar-refractivity contribution in [1.29, 1.82) is 0 Å². The number of benzene rings is 2. The van der Waals surface area contributed by atoms with Crippen molar-refractivity contribution in [2.75, 3.05) is 26.2 Å². The highest BCUT2D eigenvalue weighted by Gasteiger charge is 2.44. The number of amides is 1. The lowest BCUT2D eigenvalue weighted by atomic mass is 9.96. The molecule has 1 fully saturated rings.